The summed E-state index contributed by atoms with van der Waals surface area (Å²) in [6.45, 7) is 8.89. The van der Waals surface area contributed by atoms with Crippen LogP contribution in [0.5, 0.6) is 0 Å². The predicted molar refractivity (Wildman–Crippen MR) is 97.5 cm³/mol. The van der Waals surface area contributed by atoms with E-state index in [1.54, 1.807) is 11.8 Å². The van der Waals surface area contributed by atoms with Gasteiger partial charge in [0.1, 0.15) is 4.99 Å². The number of thiocarbonyl (C=S) groups is 1. The summed E-state index contributed by atoms with van der Waals surface area (Å²) in [6.07, 6.45) is 0.967. The SMILES string of the molecule is CCSc1cccc(NCCCOCC(C)C)c1C(N)=S. The van der Waals surface area contributed by atoms with Crippen LogP contribution in [-0.4, -0.2) is 30.5 Å². The molecule has 0 unspecified atom stereocenters. The van der Waals surface area contributed by atoms with E-state index in [2.05, 4.69) is 32.2 Å². The molecule has 0 heterocycles. The van der Waals surface area contributed by atoms with E-state index in [0.29, 0.717) is 10.9 Å². The molecule has 0 aliphatic heterocycles. The maximum absolute atomic E-state index is 5.88. The first-order valence-corrected chi connectivity index (χ1v) is 8.82. The normalized spacial score (nSPS) is 10.9. The van der Waals surface area contributed by atoms with Crippen LogP contribution in [0.4, 0.5) is 5.69 Å². The lowest BCUT2D eigenvalue weighted by molar-refractivity contribution is 0.110. The smallest absolute Gasteiger partial charge is 0.107 e. The minimum atomic E-state index is 0.449. The minimum absolute atomic E-state index is 0.449. The first kappa shape index (κ1) is 18.3. The second-order valence-electron chi connectivity index (χ2n) is 5.23. The van der Waals surface area contributed by atoms with Crippen molar-refractivity contribution in [2.75, 3.05) is 30.8 Å². The van der Waals surface area contributed by atoms with Crippen LogP contribution in [0.25, 0.3) is 0 Å². The minimum Gasteiger partial charge on any atom is -0.389 e. The van der Waals surface area contributed by atoms with Gasteiger partial charge in [0.05, 0.1) is 0 Å². The van der Waals surface area contributed by atoms with Gasteiger partial charge in [-0.25, -0.2) is 0 Å². The van der Waals surface area contributed by atoms with Gasteiger partial charge in [-0.05, 0) is 30.2 Å². The molecule has 1 aromatic rings. The highest BCUT2D eigenvalue weighted by atomic mass is 32.2. The van der Waals surface area contributed by atoms with Crippen molar-refractivity contribution in [3.63, 3.8) is 0 Å². The number of rotatable bonds is 10. The number of thioether (sulfide) groups is 1. The Morgan fingerprint density at radius 2 is 2.19 bits per heavy atom. The van der Waals surface area contributed by atoms with Gasteiger partial charge in [-0.2, -0.15) is 0 Å². The predicted octanol–water partition coefficient (Wildman–Crippen LogP) is 3.91. The monoisotopic (exact) mass is 326 g/mol. The molecule has 5 heteroatoms. The molecule has 0 saturated heterocycles. The lowest BCUT2D eigenvalue weighted by Gasteiger charge is -2.15. The van der Waals surface area contributed by atoms with Gasteiger partial charge in [0.15, 0.2) is 0 Å². The molecule has 1 aromatic carbocycles. The summed E-state index contributed by atoms with van der Waals surface area (Å²) >= 11 is 6.96. The van der Waals surface area contributed by atoms with Gasteiger partial charge in [-0.1, -0.05) is 39.1 Å². The first-order valence-electron chi connectivity index (χ1n) is 7.43. The Morgan fingerprint density at radius 3 is 2.81 bits per heavy atom. The van der Waals surface area contributed by atoms with Gasteiger partial charge in [0.2, 0.25) is 0 Å². The Bertz CT molecular complexity index is 450. The second kappa shape index (κ2) is 10.0. The van der Waals surface area contributed by atoms with E-state index in [0.717, 1.165) is 48.1 Å². The molecule has 0 saturated carbocycles. The molecular formula is C16H26N2OS2. The van der Waals surface area contributed by atoms with Crippen molar-refractivity contribution in [1.82, 2.24) is 0 Å². The molecule has 0 atom stereocenters. The third-order valence-corrected chi connectivity index (χ3v) is 3.95. The first-order chi connectivity index (χ1) is 10.1. The van der Waals surface area contributed by atoms with Crippen LogP contribution in [0.2, 0.25) is 0 Å². The largest absolute Gasteiger partial charge is 0.389 e. The summed E-state index contributed by atoms with van der Waals surface area (Å²) in [5.74, 6) is 1.59. The summed E-state index contributed by atoms with van der Waals surface area (Å²) in [5, 5.41) is 3.42. The van der Waals surface area contributed by atoms with E-state index in [9.17, 15) is 0 Å². The summed E-state index contributed by atoms with van der Waals surface area (Å²) in [7, 11) is 0. The molecule has 0 aromatic heterocycles. The third-order valence-electron chi connectivity index (χ3n) is 2.80. The van der Waals surface area contributed by atoms with Gasteiger partial charge in [-0.3, -0.25) is 0 Å². The molecular weight excluding hydrogens is 300 g/mol. The number of benzene rings is 1. The zero-order chi connectivity index (χ0) is 15.7. The van der Waals surface area contributed by atoms with Crippen molar-refractivity contribution in [2.45, 2.75) is 32.1 Å². The Morgan fingerprint density at radius 1 is 1.43 bits per heavy atom. The molecule has 0 amide bonds. The number of ether oxygens (including phenoxy) is 1. The van der Waals surface area contributed by atoms with E-state index in [-0.39, 0.29) is 0 Å². The van der Waals surface area contributed by atoms with Crippen LogP contribution < -0.4 is 11.1 Å². The second-order valence-corrected chi connectivity index (χ2v) is 6.97. The van der Waals surface area contributed by atoms with Crippen LogP contribution in [0.1, 0.15) is 32.8 Å². The average Bonchev–Trinajstić information content (AvgIpc) is 2.42. The molecule has 3 nitrogen and oxygen atoms in total. The zero-order valence-electron chi connectivity index (χ0n) is 13.1. The summed E-state index contributed by atoms with van der Waals surface area (Å²) in [5.41, 5.74) is 7.86. The lowest BCUT2D eigenvalue weighted by Crippen LogP contribution is -2.16. The number of hydrogen-bond acceptors (Lipinski definition) is 4. The van der Waals surface area contributed by atoms with Gasteiger partial charge < -0.3 is 15.8 Å². The number of hydrogen-bond donors (Lipinski definition) is 2. The maximum atomic E-state index is 5.88. The van der Waals surface area contributed by atoms with Crippen LogP contribution in [0.3, 0.4) is 0 Å². The van der Waals surface area contributed by atoms with Crippen LogP contribution in [-0.2, 0) is 4.74 Å². The molecule has 118 valence electrons. The third kappa shape index (κ3) is 6.68. The highest BCUT2D eigenvalue weighted by Gasteiger charge is 2.10. The number of nitrogens with two attached hydrogens (primary N) is 1. The number of nitrogens with one attached hydrogen (secondary N) is 1. The van der Waals surface area contributed by atoms with Crippen LogP contribution in [0.15, 0.2) is 23.1 Å². The van der Waals surface area contributed by atoms with E-state index >= 15 is 0 Å². The molecule has 0 aliphatic rings. The van der Waals surface area contributed by atoms with Gasteiger partial charge in [-0.15, -0.1) is 11.8 Å². The van der Waals surface area contributed by atoms with Crippen molar-refractivity contribution in [3.8, 4) is 0 Å². The summed E-state index contributed by atoms with van der Waals surface area (Å²) in [4.78, 5) is 1.59. The van der Waals surface area contributed by atoms with Crippen molar-refractivity contribution >= 4 is 34.7 Å². The quantitative estimate of drug-likeness (QED) is 0.388. The van der Waals surface area contributed by atoms with Gasteiger partial charge in [0, 0.05) is 35.9 Å². The summed E-state index contributed by atoms with van der Waals surface area (Å²) in [6, 6.07) is 6.14. The van der Waals surface area contributed by atoms with Crippen molar-refractivity contribution in [3.05, 3.63) is 23.8 Å². The molecule has 0 spiro atoms. The summed E-state index contributed by atoms with van der Waals surface area (Å²) < 4.78 is 5.58. The number of anilines is 1. The Balaban J connectivity index is 2.54. The molecule has 0 radical (unpaired) electrons. The topological polar surface area (TPSA) is 47.3 Å². The van der Waals surface area contributed by atoms with Crippen molar-refractivity contribution in [2.24, 2.45) is 11.7 Å². The molecule has 0 fully saturated rings. The maximum Gasteiger partial charge on any atom is 0.107 e. The van der Waals surface area contributed by atoms with Crippen LogP contribution in [0, 0.1) is 5.92 Å². The fourth-order valence-corrected chi connectivity index (χ4v) is 3.06. The fourth-order valence-electron chi connectivity index (χ4n) is 1.92. The standard InChI is InChI=1S/C16H26N2OS2/c1-4-21-14-8-5-7-13(15(14)16(17)20)18-9-6-10-19-11-12(2)3/h5,7-8,12,18H,4,6,9-11H2,1-3H3,(H2,17,20). The van der Waals surface area contributed by atoms with E-state index in [1.165, 1.54) is 0 Å². The molecule has 1 rings (SSSR count). The van der Waals surface area contributed by atoms with Crippen molar-refractivity contribution in [1.29, 1.82) is 0 Å². The van der Waals surface area contributed by atoms with E-state index < -0.39 is 0 Å². The van der Waals surface area contributed by atoms with E-state index in [4.69, 9.17) is 22.7 Å². The molecule has 3 N–H and O–H groups in total. The lowest BCUT2D eigenvalue weighted by atomic mass is 10.1. The van der Waals surface area contributed by atoms with Gasteiger partial charge in [0.25, 0.3) is 0 Å². The van der Waals surface area contributed by atoms with Gasteiger partial charge >= 0.3 is 0 Å². The molecule has 0 bridgehead atoms. The molecule has 0 aliphatic carbocycles. The highest BCUT2D eigenvalue weighted by Crippen LogP contribution is 2.28. The Labute approximate surface area is 138 Å². The Hall–Kier alpha value is -0.780. The van der Waals surface area contributed by atoms with E-state index in [1.807, 2.05) is 12.1 Å². The zero-order valence-corrected chi connectivity index (χ0v) is 14.8. The fraction of sp³-hybridized carbons (Fsp3) is 0.562. The van der Waals surface area contributed by atoms with Crippen molar-refractivity contribution < 1.29 is 4.74 Å². The van der Waals surface area contributed by atoms with Crippen LogP contribution >= 0.6 is 24.0 Å². The molecule has 21 heavy (non-hydrogen) atoms. The Kier molecular flexibility index (Phi) is 8.73. The average molecular weight is 327 g/mol. The highest BCUT2D eigenvalue weighted by molar-refractivity contribution is 7.99.